The van der Waals surface area contributed by atoms with E-state index in [1.54, 1.807) is 11.3 Å². The molecule has 122 valence electrons. The number of carbonyl (C=O) groups is 1. The van der Waals surface area contributed by atoms with Crippen molar-refractivity contribution in [2.75, 3.05) is 0 Å². The summed E-state index contributed by atoms with van der Waals surface area (Å²) in [4.78, 5) is 17.1. The molecule has 2 aromatic rings. The molecule has 2 N–H and O–H groups in total. The van der Waals surface area contributed by atoms with Crippen LogP contribution < -0.4 is 5.32 Å². The van der Waals surface area contributed by atoms with E-state index in [9.17, 15) is 9.90 Å². The maximum Gasteiger partial charge on any atom is 0.321 e. The maximum atomic E-state index is 11.5. The second-order valence-corrected chi connectivity index (χ2v) is 7.25. The Labute approximate surface area is 140 Å². The monoisotopic (exact) mass is 330 g/mol. The Morgan fingerprint density at radius 3 is 2.74 bits per heavy atom. The largest absolute Gasteiger partial charge is 0.480 e. The Kier molecular flexibility index (Phi) is 5.41. The number of benzene rings is 1. The number of carboxylic acid groups (broad SMARTS) is 1. The average molecular weight is 330 g/mol. The van der Waals surface area contributed by atoms with Gasteiger partial charge in [-0.15, -0.1) is 11.3 Å². The molecule has 1 atom stereocenters. The number of thiazole rings is 1. The summed E-state index contributed by atoms with van der Waals surface area (Å²) in [5.74, 6) is -0.192. The Hall–Kier alpha value is -1.72. The second-order valence-electron chi connectivity index (χ2n) is 6.11. The van der Waals surface area contributed by atoms with Gasteiger partial charge in [-0.1, -0.05) is 43.2 Å². The van der Waals surface area contributed by atoms with E-state index >= 15 is 0 Å². The molecule has 4 nitrogen and oxygen atoms in total. The number of rotatable bonds is 7. The molecule has 0 aliphatic heterocycles. The molecule has 0 radical (unpaired) electrons. The van der Waals surface area contributed by atoms with Crippen LogP contribution in [-0.2, 0) is 17.8 Å². The van der Waals surface area contributed by atoms with Crippen LogP contribution >= 0.6 is 11.3 Å². The molecule has 3 rings (SSSR count). The lowest BCUT2D eigenvalue weighted by molar-refractivity contribution is -0.139. The quantitative estimate of drug-likeness (QED) is 0.814. The smallest absolute Gasteiger partial charge is 0.321 e. The van der Waals surface area contributed by atoms with Crippen molar-refractivity contribution in [2.45, 2.75) is 50.6 Å². The standard InChI is InChI=1S/C18H22N2O2S/c21-18(22)16(10-13-6-2-1-3-7-13)19-11-15-12-20-17(23-15)14-8-4-5-9-14/h1-3,6-7,12,14,16,19H,4-5,8-11H2,(H,21,22)/t16-/m1/s1. The van der Waals surface area contributed by atoms with Gasteiger partial charge in [-0.25, -0.2) is 4.98 Å². The fraction of sp³-hybridized carbons (Fsp3) is 0.444. The molecular weight excluding hydrogens is 308 g/mol. The minimum absolute atomic E-state index is 0.491. The van der Waals surface area contributed by atoms with Crippen LogP contribution in [0, 0.1) is 0 Å². The molecule has 5 heteroatoms. The highest BCUT2D eigenvalue weighted by atomic mass is 32.1. The zero-order chi connectivity index (χ0) is 16.1. The first-order chi connectivity index (χ1) is 11.2. The summed E-state index contributed by atoms with van der Waals surface area (Å²) in [5, 5.41) is 13.8. The molecule has 0 spiro atoms. The van der Waals surface area contributed by atoms with Gasteiger partial charge in [0.25, 0.3) is 0 Å². The van der Waals surface area contributed by atoms with Crippen molar-refractivity contribution in [3.8, 4) is 0 Å². The van der Waals surface area contributed by atoms with Crippen molar-refractivity contribution < 1.29 is 9.90 Å². The van der Waals surface area contributed by atoms with Gasteiger partial charge in [-0.2, -0.15) is 0 Å². The van der Waals surface area contributed by atoms with E-state index in [4.69, 9.17) is 0 Å². The molecular formula is C18H22N2O2S. The Balaban J connectivity index is 1.57. The second kappa shape index (κ2) is 7.70. The molecule has 0 bridgehead atoms. The molecule has 1 aliphatic carbocycles. The van der Waals surface area contributed by atoms with Crippen LogP contribution in [-0.4, -0.2) is 22.1 Å². The highest BCUT2D eigenvalue weighted by Gasteiger charge is 2.21. The van der Waals surface area contributed by atoms with Gasteiger partial charge in [0.15, 0.2) is 0 Å². The number of aromatic nitrogens is 1. The van der Waals surface area contributed by atoms with E-state index in [2.05, 4.69) is 10.3 Å². The number of hydrogen-bond donors (Lipinski definition) is 2. The van der Waals surface area contributed by atoms with E-state index in [0.29, 0.717) is 18.9 Å². The van der Waals surface area contributed by atoms with Crippen LogP contribution in [0.5, 0.6) is 0 Å². The summed E-state index contributed by atoms with van der Waals surface area (Å²) in [6.45, 7) is 0.564. The normalized spacial score (nSPS) is 16.5. The average Bonchev–Trinajstić information content (AvgIpc) is 3.23. The van der Waals surface area contributed by atoms with Crippen LogP contribution in [0.15, 0.2) is 36.5 Å². The van der Waals surface area contributed by atoms with E-state index < -0.39 is 12.0 Å². The first kappa shape index (κ1) is 16.1. The molecule has 0 saturated heterocycles. The van der Waals surface area contributed by atoms with Gasteiger partial charge in [-0.05, 0) is 24.8 Å². The van der Waals surface area contributed by atoms with Crippen LogP contribution in [0.4, 0.5) is 0 Å². The van der Waals surface area contributed by atoms with Gasteiger partial charge >= 0.3 is 5.97 Å². The molecule has 1 aromatic carbocycles. The van der Waals surface area contributed by atoms with Crippen molar-refractivity contribution in [2.24, 2.45) is 0 Å². The zero-order valence-electron chi connectivity index (χ0n) is 13.1. The molecule has 23 heavy (non-hydrogen) atoms. The van der Waals surface area contributed by atoms with Gasteiger partial charge in [0.05, 0.1) is 5.01 Å². The minimum Gasteiger partial charge on any atom is -0.480 e. The summed E-state index contributed by atoms with van der Waals surface area (Å²) in [5.41, 5.74) is 1.03. The molecule has 1 heterocycles. The molecule has 0 amide bonds. The SMILES string of the molecule is O=C(O)[C@@H](Cc1ccccc1)NCc1cnc(C2CCCC2)s1. The topological polar surface area (TPSA) is 62.2 Å². The van der Waals surface area contributed by atoms with Crippen LogP contribution in [0.1, 0.15) is 47.0 Å². The third-order valence-corrected chi connectivity index (χ3v) is 5.54. The first-order valence-corrected chi connectivity index (χ1v) is 8.99. The molecule has 1 saturated carbocycles. The molecule has 0 unspecified atom stereocenters. The van der Waals surface area contributed by atoms with Gasteiger partial charge in [0, 0.05) is 23.5 Å². The Morgan fingerprint density at radius 2 is 2.04 bits per heavy atom. The number of nitrogens with one attached hydrogen (secondary N) is 1. The van der Waals surface area contributed by atoms with Gasteiger partial charge in [-0.3, -0.25) is 10.1 Å². The molecule has 1 aromatic heterocycles. The van der Waals surface area contributed by atoms with Crippen molar-refractivity contribution in [1.29, 1.82) is 0 Å². The van der Waals surface area contributed by atoms with Crippen LogP contribution in [0.25, 0.3) is 0 Å². The fourth-order valence-corrected chi connectivity index (χ4v) is 4.12. The van der Waals surface area contributed by atoms with Crippen LogP contribution in [0.3, 0.4) is 0 Å². The predicted octanol–water partition coefficient (Wildman–Crippen LogP) is 3.59. The lowest BCUT2D eigenvalue weighted by Crippen LogP contribution is -2.37. The van der Waals surface area contributed by atoms with Gasteiger partial charge in [0.1, 0.15) is 6.04 Å². The molecule has 1 fully saturated rings. The van der Waals surface area contributed by atoms with E-state index in [0.717, 1.165) is 10.4 Å². The van der Waals surface area contributed by atoms with E-state index in [1.165, 1.54) is 30.7 Å². The van der Waals surface area contributed by atoms with E-state index in [-0.39, 0.29) is 0 Å². The van der Waals surface area contributed by atoms with Crippen molar-refractivity contribution in [3.63, 3.8) is 0 Å². The Morgan fingerprint density at radius 1 is 1.30 bits per heavy atom. The fourth-order valence-electron chi connectivity index (χ4n) is 3.09. The zero-order valence-corrected chi connectivity index (χ0v) is 13.9. The summed E-state index contributed by atoms with van der Waals surface area (Å²) in [6.07, 6.45) is 7.47. The predicted molar refractivity (Wildman–Crippen MR) is 91.7 cm³/mol. The third kappa shape index (κ3) is 4.39. The van der Waals surface area contributed by atoms with Crippen molar-refractivity contribution >= 4 is 17.3 Å². The van der Waals surface area contributed by atoms with Crippen molar-refractivity contribution in [1.82, 2.24) is 10.3 Å². The lowest BCUT2D eigenvalue weighted by Gasteiger charge is -2.13. The number of nitrogens with zero attached hydrogens (tertiary/aromatic N) is 1. The Bertz CT molecular complexity index is 635. The van der Waals surface area contributed by atoms with Gasteiger partial charge < -0.3 is 5.11 Å². The van der Waals surface area contributed by atoms with E-state index in [1.807, 2.05) is 36.5 Å². The van der Waals surface area contributed by atoms with Crippen molar-refractivity contribution in [3.05, 3.63) is 52.0 Å². The highest BCUT2D eigenvalue weighted by molar-refractivity contribution is 7.11. The summed E-state index contributed by atoms with van der Waals surface area (Å²) >= 11 is 1.72. The molecule has 1 aliphatic rings. The maximum absolute atomic E-state index is 11.5. The summed E-state index contributed by atoms with van der Waals surface area (Å²) in [7, 11) is 0. The minimum atomic E-state index is -0.811. The highest BCUT2D eigenvalue weighted by Crippen LogP contribution is 2.35. The third-order valence-electron chi connectivity index (χ3n) is 4.38. The number of carboxylic acids is 1. The number of hydrogen-bond acceptors (Lipinski definition) is 4. The lowest BCUT2D eigenvalue weighted by atomic mass is 10.1. The summed E-state index contributed by atoms with van der Waals surface area (Å²) < 4.78 is 0. The van der Waals surface area contributed by atoms with Crippen LogP contribution in [0.2, 0.25) is 0 Å². The number of aliphatic carboxylic acids is 1. The summed E-state index contributed by atoms with van der Waals surface area (Å²) in [6, 6.07) is 9.16. The van der Waals surface area contributed by atoms with Gasteiger partial charge in [0.2, 0.25) is 0 Å². The first-order valence-electron chi connectivity index (χ1n) is 8.17.